The Morgan fingerprint density at radius 2 is 2.17 bits per heavy atom. The van der Waals surface area contributed by atoms with Gasteiger partial charge in [-0.05, 0) is 13.8 Å². The van der Waals surface area contributed by atoms with Crippen molar-refractivity contribution < 1.29 is 8.42 Å². The molecule has 1 unspecified atom stereocenters. The highest BCUT2D eigenvalue weighted by Gasteiger charge is 2.11. The van der Waals surface area contributed by atoms with Crippen molar-refractivity contribution in [2.75, 3.05) is 18.8 Å². The van der Waals surface area contributed by atoms with E-state index in [0.717, 1.165) is 12.1 Å². The Bertz CT molecular complexity index is 455. The van der Waals surface area contributed by atoms with Gasteiger partial charge in [-0.2, -0.15) is 5.10 Å². The zero-order valence-corrected chi connectivity index (χ0v) is 12.0. The van der Waals surface area contributed by atoms with Crippen molar-refractivity contribution in [1.82, 2.24) is 19.8 Å². The molecule has 1 atom stereocenters. The van der Waals surface area contributed by atoms with Crippen molar-refractivity contribution in [3.8, 4) is 0 Å². The van der Waals surface area contributed by atoms with E-state index in [1.165, 1.54) is 0 Å². The summed E-state index contributed by atoms with van der Waals surface area (Å²) in [6, 6.07) is 0.0992. The molecule has 0 aliphatic rings. The van der Waals surface area contributed by atoms with Crippen LogP contribution in [0, 0.1) is 0 Å². The van der Waals surface area contributed by atoms with E-state index < -0.39 is 10.0 Å². The molecule has 0 saturated heterocycles. The Labute approximate surface area is 109 Å². The molecular weight excluding hydrogens is 252 g/mol. The lowest BCUT2D eigenvalue weighted by atomic mass is 10.2. The van der Waals surface area contributed by atoms with Crippen molar-refractivity contribution in [2.24, 2.45) is 0 Å². The first kappa shape index (κ1) is 15.1. The topological polar surface area (TPSA) is 76.0 Å². The summed E-state index contributed by atoms with van der Waals surface area (Å²) in [6.07, 6.45) is 3.77. The minimum Gasteiger partial charge on any atom is -0.309 e. The van der Waals surface area contributed by atoms with Crippen LogP contribution in [0.1, 0.15) is 32.4 Å². The summed E-state index contributed by atoms with van der Waals surface area (Å²) in [4.78, 5) is 0. The molecule has 0 amide bonds. The van der Waals surface area contributed by atoms with Crippen LogP contribution >= 0.6 is 0 Å². The molecule has 0 spiro atoms. The summed E-state index contributed by atoms with van der Waals surface area (Å²) in [5.74, 6) is 0.0904. The first-order chi connectivity index (χ1) is 8.48. The van der Waals surface area contributed by atoms with E-state index in [0.29, 0.717) is 13.1 Å². The minimum absolute atomic E-state index is 0.0904. The van der Waals surface area contributed by atoms with Crippen molar-refractivity contribution in [1.29, 1.82) is 0 Å². The zero-order valence-electron chi connectivity index (χ0n) is 11.2. The lowest BCUT2D eigenvalue weighted by Gasteiger charge is -2.12. The van der Waals surface area contributed by atoms with Gasteiger partial charge in [0.05, 0.1) is 11.9 Å². The number of hydrogen-bond donors (Lipinski definition) is 2. The number of nitrogens with zero attached hydrogens (tertiary/aromatic N) is 2. The van der Waals surface area contributed by atoms with Crippen LogP contribution in [0.5, 0.6) is 0 Å². The molecule has 0 aliphatic heterocycles. The Kier molecular flexibility index (Phi) is 5.77. The third-order valence-electron chi connectivity index (χ3n) is 2.66. The summed E-state index contributed by atoms with van der Waals surface area (Å²) < 4.78 is 27.2. The molecule has 7 heteroatoms. The standard InChI is InChI=1S/C11H22N4O2S/c1-4-14-18(16,17)7-6-12-10(3)11-8-13-15(5-2)9-11/h8-10,12,14H,4-7H2,1-3H3. The summed E-state index contributed by atoms with van der Waals surface area (Å²) in [7, 11) is -3.14. The van der Waals surface area contributed by atoms with Gasteiger partial charge < -0.3 is 5.32 Å². The third-order valence-corrected chi connectivity index (χ3v) is 4.13. The molecule has 1 rings (SSSR count). The normalized spacial score (nSPS) is 13.7. The van der Waals surface area contributed by atoms with Crippen molar-refractivity contribution >= 4 is 10.0 Å². The molecule has 104 valence electrons. The van der Waals surface area contributed by atoms with Crippen LogP contribution < -0.4 is 10.0 Å². The van der Waals surface area contributed by atoms with E-state index in [9.17, 15) is 8.42 Å². The van der Waals surface area contributed by atoms with Crippen LogP contribution in [-0.4, -0.2) is 37.0 Å². The number of aromatic nitrogens is 2. The van der Waals surface area contributed by atoms with Gasteiger partial charge in [0.25, 0.3) is 0 Å². The summed E-state index contributed by atoms with van der Waals surface area (Å²) in [5, 5.41) is 7.37. The van der Waals surface area contributed by atoms with Gasteiger partial charge in [-0.15, -0.1) is 0 Å². The molecule has 18 heavy (non-hydrogen) atoms. The van der Waals surface area contributed by atoms with Crippen molar-refractivity contribution in [2.45, 2.75) is 33.4 Å². The maximum Gasteiger partial charge on any atom is 0.212 e. The fourth-order valence-electron chi connectivity index (χ4n) is 1.60. The molecule has 0 radical (unpaired) electrons. The molecular formula is C11H22N4O2S. The highest BCUT2D eigenvalue weighted by molar-refractivity contribution is 7.89. The van der Waals surface area contributed by atoms with Gasteiger partial charge in [0.2, 0.25) is 10.0 Å². The summed E-state index contributed by atoms with van der Waals surface area (Å²) in [5.41, 5.74) is 1.07. The Hall–Kier alpha value is -0.920. The van der Waals surface area contributed by atoms with E-state index in [2.05, 4.69) is 15.1 Å². The second-order valence-electron chi connectivity index (χ2n) is 4.12. The van der Waals surface area contributed by atoms with Crippen LogP contribution in [-0.2, 0) is 16.6 Å². The average Bonchev–Trinajstić information content (AvgIpc) is 2.77. The largest absolute Gasteiger partial charge is 0.309 e. The fraction of sp³-hybridized carbons (Fsp3) is 0.727. The first-order valence-electron chi connectivity index (χ1n) is 6.21. The molecule has 0 aromatic carbocycles. The predicted octanol–water partition coefficient (Wildman–Crippen LogP) is 0.493. The molecule has 0 bridgehead atoms. The molecule has 0 saturated carbocycles. The molecule has 1 aromatic rings. The van der Waals surface area contributed by atoms with Gasteiger partial charge in [0.1, 0.15) is 0 Å². The van der Waals surface area contributed by atoms with E-state index in [4.69, 9.17) is 0 Å². The fourth-order valence-corrected chi connectivity index (χ4v) is 2.57. The Morgan fingerprint density at radius 1 is 1.44 bits per heavy atom. The highest BCUT2D eigenvalue weighted by Crippen LogP contribution is 2.10. The number of nitrogens with one attached hydrogen (secondary N) is 2. The number of rotatable bonds is 8. The van der Waals surface area contributed by atoms with Gasteiger partial charge in [0, 0.05) is 37.4 Å². The van der Waals surface area contributed by atoms with Gasteiger partial charge in [-0.25, -0.2) is 13.1 Å². The summed E-state index contributed by atoms with van der Waals surface area (Å²) in [6.45, 7) is 7.48. The molecule has 0 aliphatic carbocycles. The lowest BCUT2D eigenvalue weighted by molar-refractivity contribution is 0.563. The van der Waals surface area contributed by atoms with Crippen LogP contribution in [0.3, 0.4) is 0 Å². The first-order valence-corrected chi connectivity index (χ1v) is 7.86. The molecule has 1 heterocycles. The van der Waals surface area contributed by atoms with Crippen molar-refractivity contribution in [3.05, 3.63) is 18.0 Å². The maximum atomic E-state index is 11.4. The van der Waals surface area contributed by atoms with Crippen LogP contribution in [0.2, 0.25) is 0 Å². The maximum absolute atomic E-state index is 11.4. The second kappa shape index (κ2) is 6.86. The zero-order chi connectivity index (χ0) is 13.6. The summed E-state index contributed by atoms with van der Waals surface area (Å²) >= 11 is 0. The average molecular weight is 274 g/mol. The van der Waals surface area contributed by atoms with Crippen LogP contribution in [0.15, 0.2) is 12.4 Å². The van der Waals surface area contributed by atoms with Gasteiger partial charge in [0.15, 0.2) is 0 Å². The quantitative estimate of drug-likeness (QED) is 0.723. The van der Waals surface area contributed by atoms with E-state index in [1.807, 2.05) is 24.7 Å². The monoisotopic (exact) mass is 274 g/mol. The minimum atomic E-state index is -3.14. The highest BCUT2D eigenvalue weighted by atomic mass is 32.2. The second-order valence-corrected chi connectivity index (χ2v) is 6.05. The number of hydrogen-bond acceptors (Lipinski definition) is 4. The van der Waals surface area contributed by atoms with Crippen LogP contribution in [0.4, 0.5) is 0 Å². The number of sulfonamides is 1. The third kappa shape index (κ3) is 4.75. The molecule has 6 nitrogen and oxygen atoms in total. The van der Waals surface area contributed by atoms with Gasteiger partial charge in [-0.3, -0.25) is 4.68 Å². The van der Waals surface area contributed by atoms with Crippen molar-refractivity contribution in [3.63, 3.8) is 0 Å². The van der Waals surface area contributed by atoms with E-state index in [1.54, 1.807) is 13.1 Å². The molecule has 2 N–H and O–H groups in total. The van der Waals surface area contributed by atoms with E-state index >= 15 is 0 Å². The predicted molar refractivity (Wildman–Crippen MR) is 71.8 cm³/mol. The molecule has 0 fully saturated rings. The lowest BCUT2D eigenvalue weighted by Crippen LogP contribution is -2.32. The van der Waals surface area contributed by atoms with Crippen LogP contribution in [0.25, 0.3) is 0 Å². The Balaban J connectivity index is 2.39. The SMILES string of the molecule is CCNS(=O)(=O)CCNC(C)c1cnn(CC)c1. The van der Waals surface area contributed by atoms with E-state index in [-0.39, 0.29) is 11.8 Å². The molecule has 1 aromatic heterocycles. The number of aryl methyl sites for hydroxylation is 1. The Morgan fingerprint density at radius 3 is 2.72 bits per heavy atom. The smallest absolute Gasteiger partial charge is 0.212 e. The van der Waals surface area contributed by atoms with Gasteiger partial charge in [-0.1, -0.05) is 6.92 Å². The van der Waals surface area contributed by atoms with Gasteiger partial charge >= 0.3 is 0 Å².